The highest BCUT2D eigenvalue weighted by Crippen LogP contribution is 2.25. The first kappa shape index (κ1) is 12.1. The summed E-state index contributed by atoms with van der Waals surface area (Å²) in [5.41, 5.74) is 4.96. The molecule has 1 aromatic rings. The molecular weight excluding hydrogens is 278 g/mol. The molecule has 0 amide bonds. The number of nitro groups is 1. The van der Waals surface area contributed by atoms with E-state index < -0.39 is 10.7 Å². The van der Waals surface area contributed by atoms with Crippen LogP contribution in [0.2, 0.25) is 0 Å². The average Bonchev–Trinajstić information content (AvgIpc) is 2.27. The molecule has 0 aliphatic rings. The second-order valence-electron chi connectivity index (χ2n) is 2.88. The highest BCUT2D eigenvalue weighted by atomic mass is 79.9. The molecule has 6 nitrogen and oxygen atoms in total. The fraction of sp³-hybridized carbons (Fsp3) is 0.111. The van der Waals surface area contributed by atoms with Gasteiger partial charge in [-0.2, -0.15) is 5.26 Å². The second-order valence-corrected chi connectivity index (χ2v) is 3.44. The van der Waals surface area contributed by atoms with Crippen molar-refractivity contribution in [1.29, 1.82) is 5.26 Å². The first-order chi connectivity index (χ1) is 7.51. The Balaban J connectivity index is 3.50. The number of nitrogen functional groups attached to an aromatic ring is 1. The Bertz CT molecular complexity index is 507. The number of carbonyl (C=O) groups is 1. The van der Waals surface area contributed by atoms with Crippen LogP contribution < -0.4 is 5.73 Å². The fourth-order valence-corrected chi connectivity index (χ4v) is 1.45. The van der Waals surface area contributed by atoms with Crippen LogP contribution in [0.3, 0.4) is 0 Å². The maximum Gasteiger partial charge on any atom is 0.282 e. The number of nitro benzene ring substituents is 1. The first-order valence-electron chi connectivity index (χ1n) is 4.08. The minimum Gasteiger partial charge on any atom is -0.397 e. The topological polar surface area (TPSA) is 110 Å². The van der Waals surface area contributed by atoms with Crippen LogP contribution in [0.5, 0.6) is 0 Å². The molecule has 2 N–H and O–H groups in total. The number of nitriles is 1. The van der Waals surface area contributed by atoms with Crippen molar-refractivity contribution in [3.8, 4) is 6.07 Å². The molecule has 7 heteroatoms. The Morgan fingerprint density at radius 3 is 2.69 bits per heavy atom. The third-order valence-corrected chi connectivity index (χ3v) is 2.42. The molecular formula is C9H6BrN3O3. The van der Waals surface area contributed by atoms with E-state index in [-0.39, 0.29) is 27.8 Å². The van der Waals surface area contributed by atoms with E-state index >= 15 is 0 Å². The minimum absolute atomic E-state index is 0.0136. The van der Waals surface area contributed by atoms with Gasteiger partial charge < -0.3 is 5.73 Å². The number of rotatable bonds is 3. The Morgan fingerprint density at radius 1 is 1.62 bits per heavy atom. The van der Waals surface area contributed by atoms with Crippen LogP contribution in [0.25, 0.3) is 0 Å². The summed E-state index contributed by atoms with van der Waals surface area (Å²) >= 11 is 2.91. The van der Waals surface area contributed by atoms with Gasteiger partial charge in [0.2, 0.25) is 0 Å². The predicted octanol–water partition coefficient (Wildman–Crippen LogP) is 1.63. The summed E-state index contributed by atoms with van der Waals surface area (Å²) < 4.78 is 0. The predicted molar refractivity (Wildman–Crippen MR) is 60.3 cm³/mol. The molecule has 0 unspecified atom stereocenters. The summed E-state index contributed by atoms with van der Waals surface area (Å²) in [5.74, 6) is -0.469. The van der Waals surface area contributed by atoms with E-state index in [1.165, 1.54) is 0 Å². The Labute approximate surface area is 98.9 Å². The zero-order chi connectivity index (χ0) is 12.3. The molecule has 0 aromatic heterocycles. The van der Waals surface area contributed by atoms with Gasteiger partial charge in [-0.05, 0) is 6.07 Å². The normalized spacial score (nSPS) is 9.50. The van der Waals surface area contributed by atoms with Gasteiger partial charge in [0.05, 0.1) is 27.1 Å². The van der Waals surface area contributed by atoms with Crippen molar-refractivity contribution >= 4 is 33.1 Å². The number of ketones is 1. The minimum atomic E-state index is -0.701. The third-order valence-electron chi connectivity index (χ3n) is 1.91. The smallest absolute Gasteiger partial charge is 0.282 e. The number of hydrogen-bond donors (Lipinski definition) is 1. The van der Waals surface area contributed by atoms with Gasteiger partial charge in [-0.25, -0.2) is 0 Å². The molecule has 0 radical (unpaired) electrons. The fourth-order valence-electron chi connectivity index (χ4n) is 1.15. The number of Topliss-reactive ketones (excluding diaryl/α,β-unsaturated/α-hetero) is 1. The summed E-state index contributed by atoms with van der Waals surface area (Å²) in [6.45, 7) is 0. The number of alkyl halides is 1. The van der Waals surface area contributed by atoms with Gasteiger partial charge in [0.15, 0.2) is 5.78 Å². The maximum absolute atomic E-state index is 11.4. The van der Waals surface area contributed by atoms with Gasteiger partial charge >= 0.3 is 0 Å². The molecule has 0 heterocycles. The molecule has 0 aliphatic heterocycles. The summed E-state index contributed by atoms with van der Waals surface area (Å²) in [4.78, 5) is 21.4. The molecule has 0 bridgehead atoms. The lowest BCUT2D eigenvalue weighted by atomic mass is 10.0. The standard InChI is InChI=1S/C9H6BrN3O3/c10-3-9(14)6-1-5(4-11)7(12)2-8(6)13(15)16/h1-2H,3,12H2. The van der Waals surface area contributed by atoms with Crippen molar-refractivity contribution in [2.45, 2.75) is 0 Å². The van der Waals surface area contributed by atoms with Crippen LogP contribution >= 0.6 is 15.9 Å². The van der Waals surface area contributed by atoms with Crippen LogP contribution in [0, 0.1) is 21.4 Å². The molecule has 82 valence electrons. The average molecular weight is 284 g/mol. The summed E-state index contributed by atoms with van der Waals surface area (Å²) in [6, 6.07) is 3.92. The number of nitrogens with zero attached hydrogens (tertiary/aromatic N) is 2. The van der Waals surface area contributed by atoms with Gasteiger partial charge in [-0.1, -0.05) is 15.9 Å². The van der Waals surface area contributed by atoms with Crippen LogP contribution in [-0.2, 0) is 0 Å². The molecule has 0 spiro atoms. The van der Waals surface area contributed by atoms with Crippen LogP contribution in [-0.4, -0.2) is 16.0 Å². The van der Waals surface area contributed by atoms with Crippen LogP contribution in [0.15, 0.2) is 12.1 Å². The maximum atomic E-state index is 11.4. The lowest BCUT2D eigenvalue weighted by Crippen LogP contribution is -2.07. The Morgan fingerprint density at radius 2 is 2.25 bits per heavy atom. The van der Waals surface area contributed by atoms with E-state index in [1.54, 1.807) is 6.07 Å². The molecule has 1 aromatic carbocycles. The van der Waals surface area contributed by atoms with Gasteiger partial charge in [0, 0.05) is 6.07 Å². The lowest BCUT2D eigenvalue weighted by molar-refractivity contribution is -0.385. The van der Waals surface area contributed by atoms with Gasteiger partial charge in [-0.15, -0.1) is 0 Å². The summed E-state index contributed by atoms with van der Waals surface area (Å²) in [6.07, 6.45) is 0. The highest BCUT2D eigenvalue weighted by molar-refractivity contribution is 9.09. The number of nitrogens with two attached hydrogens (primary N) is 1. The monoisotopic (exact) mass is 283 g/mol. The first-order valence-corrected chi connectivity index (χ1v) is 5.20. The number of hydrogen-bond acceptors (Lipinski definition) is 5. The van der Waals surface area contributed by atoms with E-state index in [0.717, 1.165) is 12.1 Å². The van der Waals surface area contributed by atoms with Crippen molar-refractivity contribution in [3.05, 3.63) is 33.4 Å². The molecule has 0 atom stereocenters. The SMILES string of the molecule is N#Cc1cc(C(=O)CBr)c([N+](=O)[O-])cc1N. The molecule has 1 rings (SSSR count). The van der Waals surface area contributed by atoms with Crippen LogP contribution in [0.1, 0.15) is 15.9 Å². The Hall–Kier alpha value is -1.94. The summed E-state index contributed by atoms with van der Waals surface area (Å²) in [5, 5.41) is 19.3. The van der Waals surface area contributed by atoms with Crippen molar-refractivity contribution < 1.29 is 9.72 Å². The van der Waals surface area contributed by atoms with E-state index in [9.17, 15) is 14.9 Å². The summed E-state index contributed by atoms with van der Waals surface area (Å²) in [7, 11) is 0. The molecule has 0 aliphatic carbocycles. The Kier molecular flexibility index (Phi) is 3.58. The molecule has 0 saturated heterocycles. The van der Waals surface area contributed by atoms with Crippen molar-refractivity contribution in [3.63, 3.8) is 0 Å². The van der Waals surface area contributed by atoms with Crippen molar-refractivity contribution in [1.82, 2.24) is 0 Å². The largest absolute Gasteiger partial charge is 0.397 e. The molecule has 0 fully saturated rings. The van der Waals surface area contributed by atoms with Gasteiger partial charge in [0.25, 0.3) is 5.69 Å². The highest BCUT2D eigenvalue weighted by Gasteiger charge is 2.21. The third kappa shape index (κ3) is 2.17. The van der Waals surface area contributed by atoms with E-state index in [1.807, 2.05) is 0 Å². The van der Waals surface area contributed by atoms with Gasteiger partial charge in [-0.3, -0.25) is 14.9 Å². The van der Waals surface area contributed by atoms with Crippen molar-refractivity contribution in [2.24, 2.45) is 0 Å². The van der Waals surface area contributed by atoms with E-state index in [2.05, 4.69) is 15.9 Å². The quantitative estimate of drug-likeness (QED) is 0.298. The number of benzene rings is 1. The molecule has 0 saturated carbocycles. The zero-order valence-corrected chi connectivity index (χ0v) is 9.52. The zero-order valence-electron chi connectivity index (χ0n) is 7.94. The van der Waals surface area contributed by atoms with Crippen LogP contribution in [0.4, 0.5) is 11.4 Å². The second kappa shape index (κ2) is 4.72. The number of anilines is 1. The molecule has 16 heavy (non-hydrogen) atoms. The number of carbonyl (C=O) groups excluding carboxylic acids is 1. The van der Waals surface area contributed by atoms with E-state index in [0.29, 0.717) is 0 Å². The lowest BCUT2D eigenvalue weighted by Gasteiger charge is -2.03. The van der Waals surface area contributed by atoms with E-state index in [4.69, 9.17) is 11.0 Å². The van der Waals surface area contributed by atoms with Gasteiger partial charge in [0.1, 0.15) is 6.07 Å². The number of halogens is 1. The van der Waals surface area contributed by atoms with Crippen molar-refractivity contribution in [2.75, 3.05) is 11.1 Å².